The third-order valence-electron chi connectivity index (χ3n) is 7.10. The summed E-state index contributed by atoms with van der Waals surface area (Å²) < 4.78 is 84.7. The van der Waals surface area contributed by atoms with Crippen molar-refractivity contribution in [3.05, 3.63) is 53.7 Å². The molecule has 5 rings (SSSR count). The molecule has 0 spiro atoms. The molecule has 19 heteroatoms. The van der Waals surface area contributed by atoms with Crippen LogP contribution in [0.5, 0.6) is 6.01 Å². The summed E-state index contributed by atoms with van der Waals surface area (Å²) in [6, 6.07) is 1.47. The fourth-order valence-corrected chi connectivity index (χ4v) is 5.11. The van der Waals surface area contributed by atoms with Crippen molar-refractivity contribution in [1.82, 2.24) is 40.4 Å². The van der Waals surface area contributed by atoms with E-state index in [0.717, 1.165) is 0 Å². The van der Waals surface area contributed by atoms with Gasteiger partial charge in [0.15, 0.2) is 0 Å². The van der Waals surface area contributed by atoms with Crippen molar-refractivity contribution >= 4 is 29.4 Å². The Morgan fingerprint density at radius 2 is 1.67 bits per heavy atom. The van der Waals surface area contributed by atoms with Gasteiger partial charge in [-0.3, -0.25) is 10.00 Å². The second kappa shape index (κ2) is 13.3. The zero-order valence-electron chi connectivity index (χ0n) is 23.8. The van der Waals surface area contributed by atoms with Gasteiger partial charge >= 0.3 is 24.4 Å². The first kappa shape index (κ1) is 32.6. The fourth-order valence-electron chi connectivity index (χ4n) is 4.93. The topological polar surface area (TPSA) is 147 Å². The number of anilines is 2. The summed E-state index contributed by atoms with van der Waals surface area (Å²) in [5.41, 5.74) is -0.617. The number of hydrogen-bond donors (Lipinski definition) is 3. The Kier molecular flexibility index (Phi) is 9.45. The summed E-state index contributed by atoms with van der Waals surface area (Å²) in [6.45, 7) is -1.53. The third kappa shape index (κ3) is 7.72. The minimum Gasteiger partial charge on any atom is -0.467 e. The van der Waals surface area contributed by atoms with Crippen molar-refractivity contribution in [1.29, 1.82) is 0 Å². The van der Waals surface area contributed by atoms with E-state index in [1.165, 1.54) is 42.9 Å². The van der Waals surface area contributed by atoms with E-state index in [0.29, 0.717) is 43.0 Å². The summed E-state index contributed by atoms with van der Waals surface area (Å²) in [7, 11) is 1.42. The molecule has 12 nitrogen and oxygen atoms in total. The van der Waals surface area contributed by atoms with Crippen LogP contribution in [0.15, 0.2) is 43.1 Å². The van der Waals surface area contributed by atoms with Gasteiger partial charge in [-0.15, -0.1) is 0 Å². The number of methoxy groups -OCH3 is 1. The van der Waals surface area contributed by atoms with Gasteiger partial charge < -0.3 is 15.4 Å². The monoisotopic (exact) mass is 670 g/mol. The Labute approximate surface area is 262 Å². The van der Waals surface area contributed by atoms with E-state index >= 15 is 0 Å². The summed E-state index contributed by atoms with van der Waals surface area (Å²) in [4.78, 5) is 34.5. The van der Waals surface area contributed by atoms with Crippen molar-refractivity contribution in [2.45, 2.75) is 50.1 Å². The number of urea groups is 1. The lowest BCUT2D eigenvalue weighted by Gasteiger charge is -2.36. The lowest BCUT2D eigenvalue weighted by atomic mass is 9.90. The van der Waals surface area contributed by atoms with Crippen molar-refractivity contribution in [3.8, 4) is 28.5 Å². The molecule has 0 saturated heterocycles. The maximum absolute atomic E-state index is 13.6. The van der Waals surface area contributed by atoms with E-state index < -0.39 is 42.2 Å². The molecule has 4 aromatic heterocycles. The molecule has 1 aliphatic rings. The summed E-state index contributed by atoms with van der Waals surface area (Å²) in [5.74, 6) is 0.0333. The standard InChI is InChI=1S/C27H25ClF6N10O2/c1-46-24-37-9-15(10-38-24)14-2-7-20(35-8-14)44(25(45)39-13-26(29,30)31)17-5-3-16(4-6-17)41-23-36-11-18(27(32,33)34)21(42-23)22-19(28)12-40-43-22/h2,7-12,16-17H,3-6,13H2,1H3,(H,39,45)(H,40,43)(H,36,41,42)/t16-,17-. The molecule has 244 valence electrons. The molecular formula is C27H25ClF6N10O2. The predicted octanol–water partition coefficient (Wildman–Crippen LogP) is 5.90. The SMILES string of the molecule is COc1ncc(-c2ccc(N(C(=O)NCC(F)(F)F)[C@H]3CC[C@H](Nc4ncc(C(F)(F)F)c(-c5n[nH]cc5Cl)n4)CC3)nc2)cn1. The summed E-state index contributed by atoms with van der Waals surface area (Å²) >= 11 is 6.00. The number of alkyl halides is 6. The van der Waals surface area contributed by atoms with Gasteiger partial charge in [0, 0.05) is 54.2 Å². The van der Waals surface area contributed by atoms with E-state index in [4.69, 9.17) is 16.3 Å². The normalized spacial score (nSPS) is 17.0. The zero-order chi connectivity index (χ0) is 33.1. The molecule has 1 aliphatic carbocycles. The third-order valence-corrected chi connectivity index (χ3v) is 7.39. The average molecular weight is 671 g/mol. The van der Waals surface area contributed by atoms with Crippen molar-refractivity contribution in [2.24, 2.45) is 0 Å². The Morgan fingerprint density at radius 1 is 0.978 bits per heavy atom. The van der Waals surface area contributed by atoms with Gasteiger partial charge in [0.1, 0.15) is 29.3 Å². The molecule has 1 saturated carbocycles. The number of ether oxygens (including phenoxy) is 1. The largest absolute Gasteiger partial charge is 0.467 e. The minimum absolute atomic E-state index is 0.0569. The highest BCUT2D eigenvalue weighted by Crippen LogP contribution is 2.38. The Bertz CT molecular complexity index is 1640. The maximum Gasteiger partial charge on any atom is 0.420 e. The van der Waals surface area contributed by atoms with Gasteiger partial charge in [-0.1, -0.05) is 11.6 Å². The van der Waals surface area contributed by atoms with Crippen molar-refractivity contribution in [3.63, 3.8) is 0 Å². The van der Waals surface area contributed by atoms with Gasteiger partial charge in [-0.05, 0) is 37.8 Å². The first-order valence-corrected chi connectivity index (χ1v) is 14.1. The first-order chi connectivity index (χ1) is 21.8. The van der Waals surface area contributed by atoms with Crippen LogP contribution in [-0.2, 0) is 6.18 Å². The number of pyridine rings is 1. The van der Waals surface area contributed by atoms with Crippen LogP contribution >= 0.6 is 11.6 Å². The highest BCUT2D eigenvalue weighted by atomic mass is 35.5. The lowest BCUT2D eigenvalue weighted by Crippen LogP contribution is -2.50. The molecule has 0 aromatic carbocycles. The fraction of sp³-hybridized carbons (Fsp3) is 0.370. The Hall–Kier alpha value is -4.74. The van der Waals surface area contributed by atoms with Gasteiger partial charge in [-0.25, -0.2) is 29.7 Å². The number of H-pyrrole nitrogens is 1. The first-order valence-electron chi connectivity index (χ1n) is 13.7. The smallest absolute Gasteiger partial charge is 0.420 e. The van der Waals surface area contributed by atoms with Crippen LogP contribution in [-0.4, -0.2) is 73.1 Å². The van der Waals surface area contributed by atoms with Gasteiger partial charge in [0.25, 0.3) is 0 Å². The number of carbonyl (C=O) groups is 1. The quantitative estimate of drug-likeness (QED) is 0.195. The summed E-state index contributed by atoms with van der Waals surface area (Å²) in [6.07, 6.45) is -1.64. The average Bonchev–Trinajstić information content (AvgIpc) is 3.46. The number of aromatic amines is 1. The molecule has 2 amide bonds. The van der Waals surface area contributed by atoms with E-state index in [2.05, 4.69) is 40.4 Å². The van der Waals surface area contributed by atoms with Crippen LogP contribution in [0.25, 0.3) is 22.5 Å². The van der Waals surface area contributed by atoms with Gasteiger partial charge in [0.2, 0.25) is 5.95 Å². The van der Waals surface area contributed by atoms with Crippen molar-refractivity contribution < 1.29 is 35.9 Å². The second-order valence-corrected chi connectivity index (χ2v) is 10.6. The van der Waals surface area contributed by atoms with Crippen LogP contribution in [0.1, 0.15) is 31.2 Å². The van der Waals surface area contributed by atoms with E-state index in [1.54, 1.807) is 6.07 Å². The molecule has 0 radical (unpaired) electrons. The molecule has 0 atom stereocenters. The van der Waals surface area contributed by atoms with Crippen LogP contribution in [0.3, 0.4) is 0 Å². The number of amides is 2. The highest BCUT2D eigenvalue weighted by molar-refractivity contribution is 6.32. The van der Waals surface area contributed by atoms with Gasteiger partial charge in [0.05, 0.1) is 12.1 Å². The van der Waals surface area contributed by atoms with E-state index in [9.17, 15) is 31.1 Å². The van der Waals surface area contributed by atoms with Gasteiger partial charge in [-0.2, -0.15) is 31.4 Å². The Balaban J connectivity index is 1.32. The molecule has 3 N–H and O–H groups in total. The molecule has 0 aliphatic heterocycles. The minimum atomic E-state index is -4.76. The number of carbonyl (C=O) groups excluding carboxylic acids is 1. The number of rotatable bonds is 8. The summed E-state index contributed by atoms with van der Waals surface area (Å²) in [5, 5.41) is 11.0. The van der Waals surface area contributed by atoms with Crippen LogP contribution in [0.4, 0.5) is 42.9 Å². The Morgan fingerprint density at radius 3 is 2.24 bits per heavy atom. The number of halogens is 7. The highest BCUT2D eigenvalue weighted by Gasteiger charge is 2.37. The maximum atomic E-state index is 13.6. The number of nitrogens with one attached hydrogen (secondary N) is 3. The predicted molar refractivity (Wildman–Crippen MR) is 153 cm³/mol. The van der Waals surface area contributed by atoms with Crippen LogP contribution < -0.4 is 20.3 Å². The number of nitrogens with zero attached hydrogens (tertiary/aromatic N) is 7. The van der Waals surface area contributed by atoms with E-state index in [1.807, 2.05) is 5.32 Å². The number of aromatic nitrogens is 7. The second-order valence-electron chi connectivity index (χ2n) is 10.2. The molecule has 4 heterocycles. The molecule has 0 bridgehead atoms. The van der Waals surface area contributed by atoms with Crippen molar-refractivity contribution in [2.75, 3.05) is 23.9 Å². The molecule has 1 fully saturated rings. The van der Waals surface area contributed by atoms with Crippen LogP contribution in [0.2, 0.25) is 5.02 Å². The number of hydrogen-bond acceptors (Lipinski definition) is 9. The van der Waals surface area contributed by atoms with E-state index in [-0.39, 0.29) is 34.5 Å². The van der Waals surface area contributed by atoms with Crippen LogP contribution in [0, 0.1) is 0 Å². The zero-order valence-corrected chi connectivity index (χ0v) is 24.6. The molecular weight excluding hydrogens is 646 g/mol. The molecule has 4 aromatic rings. The molecule has 0 unspecified atom stereocenters. The lowest BCUT2D eigenvalue weighted by molar-refractivity contribution is -0.137. The molecule has 46 heavy (non-hydrogen) atoms.